The highest BCUT2D eigenvalue weighted by Crippen LogP contribution is 2.25. The number of anilines is 2. The highest BCUT2D eigenvalue weighted by molar-refractivity contribution is 9.10. The molecule has 3 heterocycles. The Bertz CT molecular complexity index is 951. The van der Waals surface area contributed by atoms with Gasteiger partial charge in [-0.15, -0.1) is 10.2 Å². The van der Waals surface area contributed by atoms with Crippen LogP contribution >= 0.6 is 15.9 Å². The van der Waals surface area contributed by atoms with Gasteiger partial charge in [-0.05, 0) is 55.7 Å². The zero-order chi connectivity index (χ0) is 19.5. The highest BCUT2D eigenvalue weighted by atomic mass is 79.9. The van der Waals surface area contributed by atoms with Gasteiger partial charge in [0.15, 0.2) is 11.6 Å². The monoisotopic (exact) mass is 441 g/mol. The predicted molar refractivity (Wildman–Crippen MR) is 109 cm³/mol. The smallest absolute Gasteiger partial charge is 0.227 e. The van der Waals surface area contributed by atoms with E-state index in [4.69, 9.17) is 0 Å². The third-order valence-corrected chi connectivity index (χ3v) is 5.42. The topological polar surface area (TPSA) is 88.8 Å². The Hall–Kier alpha value is -2.81. The minimum Gasteiger partial charge on any atom is -0.355 e. The summed E-state index contributed by atoms with van der Waals surface area (Å²) < 4.78 is 2.57. The molecular formula is C19H20BrN7O. The van der Waals surface area contributed by atoms with Gasteiger partial charge in [0.1, 0.15) is 12.7 Å². The summed E-state index contributed by atoms with van der Waals surface area (Å²) in [6, 6.07) is 9.66. The molecule has 8 nitrogen and oxygen atoms in total. The third kappa shape index (κ3) is 4.04. The van der Waals surface area contributed by atoms with Crippen LogP contribution in [0.15, 0.2) is 47.5 Å². The zero-order valence-corrected chi connectivity index (χ0v) is 17.0. The van der Waals surface area contributed by atoms with Crippen LogP contribution in [0.1, 0.15) is 18.4 Å². The Kier molecular flexibility index (Phi) is 5.34. The summed E-state index contributed by atoms with van der Waals surface area (Å²) in [6.45, 7) is 3.54. The Morgan fingerprint density at radius 2 is 1.89 bits per heavy atom. The maximum absolute atomic E-state index is 12.6. The van der Waals surface area contributed by atoms with Gasteiger partial charge in [0, 0.05) is 29.2 Å². The molecule has 0 aliphatic carbocycles. The van der Waals surface area contributed by atoms with E-state index in [-0.39, 0.29) is 11.8 Å². The van der Waals surface area contributed by atoms with E-state index in [2.05, 4.69) is 46.4 Å². The average molecular weight is 442 g/mol. The molecule has 9 heteroatoms. The van der Waals surface area contributed by atoms with Crippen molar-refractivity contribution in [2.24, 2.45) is 5.92 Å². The molecule has 2 aromatic heterocycles. The molecule has 0 bridgehead atoms. The lowest BCUT2D eigenvalue weighted by molar-refractivity contribution is -0.120. The SMILES string of the molecule is Cc1cc(Br)ccc1NC(=O)C1CCN(c2ccc(-n3cncn3)nn2)CC1. The van der Waals surface area contributed by atoms with Crippen LogP contribution in [0.2, 0.25) is 0 Å². The van der Waals surface area contributed by atoms with Crippen LogP contribution in [0, 0.1) is 12.8 Å². The molecule has 0 spiro atoms. The van der Waals surface area contributed by atoms with Gasteiger partial charge in [-0.3, -0.25) is 4.79 Å². The van der Waals surface area contributed by atoms with Crippen LogP contribution in [0.3, 0.4) is 0 Å². The van der Waals surface area contributed by atoms with Gasteiger partial charge in [0.2, 0.25) is 5.91 Å². The summed E-state index contributed by atoms with van der Waals surface area (Å²) in [6.07, 6.45) is 4.62. The van der Waals surface area contributed by atoms with Gasteiger partial charge in [0.05, 0.1) is 0 Å². The lowest BCUT2D eigenvalue weighted by Crippen LogP contribution is -2.38. The second kappa shape index (κ2) is 8.05. The summed E-state index contributed by atoms with van der Waals surface area (Å²) in [5.74, 6) is 1.52. The number of hydrogen-bond donors (Lipinski definition) is 1. The van der Waals surface area contributed by atoms with E-state index in [9.17, 15) is 4.79 Å². The predicted octanol–water partition coefficient (Wildman–Crippen LogP) is 2.98. The first kappa shape index (κ1) is 18.5. The number of carbonyl (C=O) groups excluding carboxylic acids is 1. The number of nitrogens with zero attached hydrogens (tertiary/aromatic N) is 6. The lowest BCUT2D eigenvalue weighted by Gasteiger charge is -2.31. The number of carbonyl (C=O) groups is 1. The molecule has 1 amide bonds. The highest BCUT2D eigenvalue weighted by Gasteiger charge is 2.26. The minimum absolute atomic E-state index is 0.00155. The number of piperidine rings is 1. The summed E-state index contributed by atoms with van der Waals surface area (Å²) in [7, 11) is 0. The number of halogens is 1. The fourth-order valence-corrected chi connectivity index (χ4v) is 3.78. The van der Waals surface area contributed by atoms with Crippen molar-refractivity contribution in [3.05, 3.63) is 53.0 Å². The first-order valence-electron chi connectivity index (χ1n) is 9.11. The van der Waals surface area contributed by atoms with E-state index in [1.807, 2.05) is 37.3 Å². The van der Waals surface area contributed by atoms with Crippen LogP contribution in [-0.2, 0) is 4.79 Å². The van der Waals surface area contributed by atoms with E-state index >= 15 is 0 Å². The summed E-state index contributed by atoms with van der Waals surface area (Å²) >= 11 is 3.45. The number of aryl methyl sites for hydroxylation is 1. The largest absolute Gasteiger partial charge is 0.355 e. The molecule has 3 aromatic rings. The fraction of sp³-hybridized carbons (Fsp3) is 0.316. The van der Waals surface area contributed by atoms with E-state index in [1.165, 1.54) is 6.33 Å². The minimum atomic E-state index is 0.00155. The van der Waals surface area contributed by atoms with E-state index in [1.54, 1.807) is 11.0 Å². The van der Waals surface area contributed by atoms with E-state index in [0.717, 1.165) is 47.5 Å². The van der Waals surface area contributed by atoms with Crippen LogP contribution in [0.4, 0.5) is 11.5 Å². The Morgan fingerprint density at radius 1 is 1.14 bits per heavy atom. The summed E-state index contributed by atoms with van der Waals surface area (Å²) in [5.41, 5.74) is 1.91. The maximum Gasteiger partial charge on any atom is 0.227 e. The number of rotatable bonds is 4. The van der Waals surface area contributed by atoms with Crippen molar-refractivity contribution in [2.45, 2.75) is 19.8 Å². The van der Waals surface area contributed by atoms with Crippen molar-refractivity contribution in [3.63, 3.8) is 0 Å². The van der Waals surface area contributed by atoms with Crippen molar-refractivity contribution >= 4 is 33.3 Å². The summed E-state index contributed by atoms with van der Waals surface area (Å²) in [4.78, 5) is 18.7. The molecule has 4 rings (SSSR count). The molecule has 1 saturated heterocycles. The molecule has 0 saturated carbocycles. The summed E-state index contributed by atoms with van der Waals surface area (Å²) in [5, 5.41) is 15.6. The quantitative estimate of drug-likeness (QED) is 0.669. The maximum atomic E-state index is 12.6. The van der Waals surface area contributed by atoms with Gasteiger partial charge >= 0.3 is 0 Å². The van der Waals surface area contributed by atoms with Gasteiger partial charge in [0.25, 0.3) is 0 Å². The number of aromatic nitrogens is 5. The molecule has 28 heavy (non-hydrogen) atoms. The first-order valence-corrected chi connectivity index (χ1v) is 9.90. The van der Waals surface area contributed by atoms with Crippen molar-refractivity contribution < 1.29 is 4.79 Å². The van der Waals surface area contributed by atoms with Gasteiger partial charge < -0.3 is 10.2 Å². The molecule has 0 radical (unpaired) electrons. The Labute approximate surface area is 171 Å². The second-order valence-corrected chi connectivity index (χ2v) is 7.72. The van der Waals surface area contributed by atoms with Crippen LogP contribution in [-0.4, -0.2) is 44.0 Å². The third-order valence-electron chi connectivity index (χ3n) is 4.93. The van der Waals surface area contributed by atoms with Crippen LogP contribution in [0.5, 0.6) is 0 Å². The van der Waals surface area contributed by atoms with Crippen molar-refractivity contribution in [2.75, 3.05) is 23.3 Å². The van der Waals surface area contributed by atoms with Crippen LogP contribution in [0.25, 0.3) is 5.82 Å². The number of amides is 1. The van der Waals surface area contributed by atoms with E-state index in [0.29, 0.717) is 5.82 Å². The van der Waals surface area contributed by atoms with Crippen molar-refractivity contribution in [1.82, 2.24) is 25.0 Å². The van der Waals surface area contributed by atoms with Crippen molar-refractivity contribution in [1.29, 1.82) is 0 Å². The lowest BCUT2D eigenvalue weighted by atomic mass is 9.95. The Balaban J connectivity index is 1.34. The van der Waals surface area contributed by atoms with E-state index < -0.39 is 0 Å². The van der Waals surface area contributed by atoms with Crippen LogP contribution < -0.4 is 10.2 Å². The number of nitrogens with one attached hydrogen (secondary N) is 1. The Morgan fingerprint density at radius 3 is 2.54 bits per heavy atom. The first-order chi connectivity index (χ1) is 13.6. The second-order valence-electron chi connectivity index (χ2n) is 6.80. The average Bonchev–Trinajstić information content (AvgIpc) is 3.25. The molecule has 1 aliphatic heterocycles. The number of hydrogen-bond acceptors (Lipinski definition) is 6. The molecule has 1 N–H and O–H groups in total. The molecular weight excluding hydrogens is 422 g/mol. The molecule has 1 fully saturated rings. The molecule has 0 unspecified atom stereocenters. The molecule has 144 valence electrons. The van der Waals surface area contributed by atoms with Crippen molar-refractivity contribution in [3.8, 4) is 5.82 Å². The molecule has 1 aromatic carbocycles. The van der Waals surface area contributed by atoms with Gasteiger partial charge in [-0.2, -0.15) is 5.10 Å². The standard InChI is InChI=1S/C19H20BrN7O/c1-13-10-15(20)2-3-16(13)23-19(28)14-6-8-26(9-7-14)17-4-5-18(25-24-17)27-12-21-11-22-27/h2-5,10-12,14H,6-9H2,1H3,(H,23,28). The van der Waals surface area contributed by atoms with Gasteiger partial charge in [-0.1, -0.05) is 15.9 Å². The molecule has 1 aliphatic rings. The normalized spacial score (nSPS) is 14.9. The van der Waals surface area contributed by atoms with Gasteiger partial charge in [-0.25, -0.2) is 9.67 Å². The zero-order valence-electron chi connectivity index (χ0n) is 15.4. The fourth-order valence-electron chi connectivity index (χ4n) is 3.31. The number of benzene rings is 1. The molecule has 0 atom stereocenters.